The zero-order valence-electron chi connectivity index (χ0n) is 93.0. The molecule has 0 spiro atoms. The molecule has 0 bridgehead atoms. The van der Waals surface area contributed by atoms with Crippen molar-refractivity contribution in [3.63, 3.8) is 0 Å². The zero-order valence-corrected chi connectivity index (χ0v) is 60.0. The summed E-state index contributed by atoms with van der Waals surface area (Å²) in [6.45, 7) is -34.8. The van der Waals surface area contributed by atoms with Crippen molar-refractivity contribution in [2.75, 3.05) is 114 Å². The third kappa shape index (κ3) is 14.4. The van der Waals surface area contributed by atoms with Crippen molar-refractivity contribution in [3.05, 3.63) is 180 Å². The van der Waals surface area contributed by atoms with Crippen LogP contribution in [0.25, 0.3) is 67.2 Å². The van der Waals surface area contributed by atoms with E-state index in [0.29, 0.717) is 4.68 Å². The highest BCUT2D eigenvalue weighted by molar-refractivity contribution is 6.46. The molecular weight excluding hydrogens is 1500 g/mol. The minimum Gasteiger partial charge on any atom is -0.494 e. The van der Waals surface area contributed by atoms with E-state index in [4.69, 9.17) is 59.4 Å². The second-order valence-corrected chi connectivity index (χ2v) is 23.9. The van der Waals surface area contributed by atoms with Gasteiger partial charge in [0.25, 0.3) is 35.1 Å². The molecule has 15 aromatic rings. The van der Waals surface area contributed by atoms with Crippen LogP contribution >= 0.6 is 0 Å². The Balaban J connectivity index is 0.000000160. The predicted molar refractivity (Wildman–Crippen MR) is 413 cm³/mol. The number of pyridine rings is 3. The summed E-state index contributed by atoms with van der Waals surface area (Å²) in [5, 5.41) is 44.6. The number of carbonyl (C=O) groups is 6. The van der Waals surface area contributed by atoms with E-state index in [9.17, 15) is 28.8 Å². The van der Waals surface area contributed by atoms with Gasteiger partial charge in [-0.1, -0.05) is 68.8 Å². The number of hydrogen-bond acceptors (Lipinski definition) is 30. The number of rotatable bonds is 18. The molecule has 0 atom stereocenters. The Hall–Kier alpha value is -15.4. The number of nitrogens with zero attached hydrogens (tertiary/aromatic N) is 30. The van der Waals surface area contributed by atoms with Crippen LogP contribution in [0.2, 0.25) is 0 Å². The first-order valence-electron chi connectivity index (χ1n) is 49.9. The molecule has 3 aliphatic rings. The normalized spacial score (nSPS) is 21.7. The number of methoxy groups -OCH3 is 3. The van der Waals surface area contributed by atoms with Crippen molar-refractivity contribution in [3.8, 4) is 51.8 Å². The number of fused-ring (bicyclic) bond motifs is 3. The van der Waals surface area contributed by atoms with Crippen molar-refractivity contribution < 1.29 is 88.2 Å². The van der Waals surface area contributed by atoms with Gasteiger partial charge in [0, 0.05) is 109 Å². The van der Waals surface area contributed by atoms with E-state index in [2.05, 4.69) is 107 Å². The smallest absolute Gasteiger partial charge is 0.295 e. The van der Waals surface area contributed by atoms with Crippen molar-refractivity contribution in [1.82, 2.24) is 150 Å². The van der Waals surface area contributed by atoms with Crippen molar-refractivity contribution >= 4 is 85.6 Å². The summed E-state index contributed by atoms with van der Waals surface area (Å²) < 4.78 is 296. The fourth-order valence-corrected chi connectivity index (χ4v) is 11.6. The molecule has 12 aromatic heterocycles. The van der Waals surface area contributed by atoms with E-state index in [1.165, 1.54) is 70.9 Å². The Bertz CT molecular complexity index is 7800. The number of hydrogen-bond donors (Lipinski definition) is 3. The number of Topliss-reactive ketones (excluding diaryl/α,β-unsaturated/α-hetero) is 3. The highest BCUT2D eigenvalue weighted by atomic mass is 16.5. The molecule has 3 fully saturated rings. The summed E-state index contributed by atoms with van der Waals surface area (Å²) in [4.78, 5) is 117. The summed E-state index contributed by atoms with van der Waals surface area (Å²) >= 11 is 0. The number of tetrazole rings is 3. The fourth-order valence-electron chi connectivity index (χ4n) is 11.6. The van der Waals surface area contributed by atoms with Crippen LogP contribution < -0.4 is 28.9 Å². The molecule has 3 aromatic carbocycles. The minimum atomic E-state index is -3.94. The van der Waals surface area contributed by atoms with E-state index in [1.807, 2.05) is 0 Å². The van der Waals surface area contributed by atoms with Crippen LogP contribution in [-0.4, -0.2) is 284 Å². The summed E-state index contributed by atoms with van der Waals surface area (Å²) in [5.41, 5.74) is -1.40. The Morgan fingerprint density at radius 2 is 0.750 bits per heavy atom. The first-order valence-corrected chi connectivity index (χ1v) is 33.4. The topological polar surface area (TPSA) is 459 Å². The lowest BCUT2D eigenvalue weighted by atomic mass is 10.1. The van der Waals surface area contributed by atoms with Gasteiger partial charge in [0.05, 0.1) is 139 Å². The number of benzene rings is 3. The number of piperazine rings is 3. The number of para-hydroxylation sites is 1. The zero-order chi connectivity index (χ0) is 109. The molecule has 3 amide bonds. The van der Waals surface area contributed by atoms with Gasteiger partial charge >= 0.3 is 0 Å². The molecule has 3 saturated heterocycles. The number of aromatic amines is 3. The number of ether oxygens (including phenoxy) is 3. The summed E-state index contributed by atoms with van der Waals surface area (Å²) in [7, 11) is 3.77. The first-order chi connectivity index (χ1) is 69.5. The highest BCUT2D eigenvalue weighted by Gasteiger charge is 2.36. The van der Waals surface area contributed by atoms with Gasteiger partial charge in [-0.05, 0) is 102 Å². The van der Waals surface area contributed by atoms with Gasteiger partial charge in [-0.15, -0.1) is 0 Å². The van der Waals surface area contributed by atoms with E-state index in [1.54, 1.807) is 23.1 Å². The van der Waals surface area contributed by atoms with Gasteiger partial charge in [-0.2, -0.15) is 29.3 Å². The molecule has 116 heavy (non-hydrogen) atoms. The average Bonchev–Trinajstić information content (AvgIpc) is 1.44. The molecule has 0 unspecified atom stereocenters. The number of aromatic nitrogens is 27. The average molecular weight is 1600 g/mol. The quantitative estimate of drug-likeness (QED) is 0.0817. The number of anilines is 3. The number of amides is 3. The van der Waals surface area contributed by atoms with Crippen molar-refractivity contribution in [1.29, 1.82) is 0 Å². The predicted octanol–water partition coefficient (Wildman–Crippen LogP) is 3.52. The minimum absolute atomic E-state index is 0.0192. The second-order valence-electron chi connectivity index (χ2n) is 23.9. The molecule has 15 heterocycles. The van der Waals surface area contributed by atoms with Gasteiger partial charge in [0.2, 0.25) is 17.8 Å². The Kier molecular flexibility index (Phi) is 12.4. The van der Waals surface area contributed by atoms with Crippen LogP contribution in [0.1, 0.15) is 105 Å². The SMILES string of the molecule is [2H]C([2H])([2H])c1ncn(-c2ncc(OC)c3c(C(=O)C(=O)N4C([2H])([2H])C([2H])([2H])N(c5nnnn5-c5ccccc5)C([2H])([2H])C4([2H])[2H])c[nH]c23)n1.[2H]c1c([2H])c(-n2nnnc2N2C([2H])([2H])C([2H])([2H])N(C(=O)C(=O)c3c[nH]c4c(-n5cnc(C([2H])([2H])[2H])n5)ncc(OC)c34)C([2H])([2H])C2([2H])[2H])c([2H])c([2H])c1C.[2H]c1c([2H])c(-n2nnnc2N2CCN(C(=O)C(=O)c3c[nH]c4c(-n5cnc(C([2H])([2H])[2H])n5)ncc(OC)c34)CC2)c([2H])c([2H])c1C. The molecular formula is C74H73N33O9. The molecule has 0 saturated carbocycles. The summed E-state index contributed by atoms with van der Waals surface area (Å²) in [6, 6.07) is 4.16. The number of nitrogens with one attached hydrogen (secondary N) is 3. The van der Waals surface area contributed by atoms with E-state index in [-0.39, 0.29) is 167 Å². The third-order valence-electron chi connectivity index (χ3n) is 17.1. The maximum Gasteiger partial charge on any atom is 0.295 e. The highest BCUT2D eigenvalue weighted by Crippen LogP contribution is 2.36. The lowest BCUT2D eigenvalue weighted by Gasteiger charge is -2.34. The van der Waals surface area contributed by atoms with E-state index < -0.39 is 182 Å². The van der Waals surface area contributed by atoms with Crippen molar-refractivity contribution in [2.45, 2.75) is 34.4 Å². The number of carbonyl (C=O) groups excluding carboxylic acids is 6. The molecule has 588 valence electrons. The Morgan fingerprint density at radius 1 is 0.414 bits per heavy atom. The first kappa shape index (κ1) is 45.2. The van der Waals surface area contributed by atoms with Gasteiger partial charge in [-0.3, -0.25) is 28.8 Å². The number of ketones is 3. The molecule has 0 radical (unpaired) electrons. The Labute approximate surface area is 703 Å². The van der Waals surface area contributed by atoms with Crippen LogP contribution in [-0.2, 0) is 14.4 Å². The molecule has 0 aliphatic carbocycles. The van der Waals surface area contributed by atoms with Crippen LogP contribution in [0.5, 0.6) is 17.2 Å². The molecule has 42 heteroatoms. The summed E-state index contributed by atoms with van der Waals surface area (Å²) in [5.74, 6) is -12.1. The maximum atomic E-state index is 14.0. The standard InChI is InChI=1S/2C25H25N11O3.C24H23N11O3/c2*1-15-4-6-17(7-5-15)36-25(29-31-32-36)34-10-8-33(9-11-34)24(38)22(37)18-12-26-21-20(18)19(39-3)13-27-23(21)35-14-28-16(2)30-35;1-15-27-14-34(29-15)22-20-19(18(38-2)13-26-22)17(12-25-20)21(36)23(37)32-8-10-33(11-9-32)24-28-30-31-35(24)16-6-4-3-5-7-16/h2*4-7,12-14,26H,8-11H2,1-3H3;3-7,12-14,25H,8-11H2,1-2H3/i2D3,4D,5D,6D,7D,8D2,9D2,10D2,11D2;2D3,4D,5D,6D,7D;1D3,8D2,9D2,10D2,11D2. The monoisotopic (exact) mass is 1600 g/mol. The lowest BCUT2D eigenvalue weighted by molar-refractivity contribution is -0.127. The van der Waals surface area contributed by atoms with Gasteiger partial charge < -0.3 is 58.6 Å². The molecule has 3 N–H and O–H groups in total. The summed E-state index contributed by atoms with van der Waals surface area (Å²) in [6.07, 6.45) is 10.1. The second kappa shape index (κ2) is 31.8. The molecule has 42 nitrogen and oxygen atoms in total. The Morgan fingerprint density at radius 3 is 1.09 bits per heavy atom. The fraction of sp³-hybridized carbons (Fsp3) is 0.270. The van der Waals surface area contributed by atoms with E-state index >= 15 is 0 Å². The van der Waals surface area contributed by atoms with E-state index in [0.717, 1.165) is 60.9 Å². The van der Waals surface area contributed by atoms with Crippen LogP contribution in [0.15, 0.2) is 135 Å². The van der Waals surface area contributed by atoms with Gasteiger partial charge in [-0.25, -0.2) is 43.9 Å². The number of H-pyrrole nitrogens is 3. The maximum absolute atomic E-state index is 14.0. The third-order valence-corrected chi connectivity index (χ3v) is 17.1. The van der Waals surface area contributed by atoms with Crippen LogP contribution in [0.4, 0.5) is 17.8 Å². The molecule has 18 rings (SSSR count). The van der Waals surface area contributed by atoms with Crippen LogP contribution in [0, 0.1) is 34.4 Å². The van der Waals surface area contributed by atoms with Crippen LogP contribution in [0.3, 0.4) is 0 Å². The van der Waals surface area contributed by atoms with Gasteiger partial charge in [0.15, 0.2) is 17.5 Å². The molecule has 3 aliphatic heterocycles. The van der Waals surface area contributed by atoms with Gasteiger partial charge in [0.1, 0.15) is 53.7 Å². The number of aryl methyl sites for hydroxylation is 3. The lowest BCUT2D eigenvalue weighted by Crippen LogP contribution is -2.51. The largest absolute Gasteiger partial charge is 0.494 e. The van der Waals surface area contributed by atoms with Crippen molar-refractivity contribution in [2.24, 2.45) is 0 Å².